The lowest BCUT2D eigenvalue weighted by Gasteiger charge is -2.35. The highest BCUT2D eigenvalue weighted by Gasteiger charge is 2.37. The second kappa shape index (κ2) is 6.10. The molecule has 2 heterocycles. The average molecular weight is 358 g/mol. The number of carbonyl (C=O) groups is 2. The molecule has 0 aliphatic carbocycles. The Morgan fingerprint density at radius 3 is 2.55 bits per heavy atom. The van der Waals surface area contributed by atoms with Crippen LogP contribution in [-0.2, 0) is 9.59 Å². The summed E-state index contributed by atoms with van der Waals surface area (Å²) in [6.45, 7) is 2.75. The molecule has 1 aliphatic heterocycles. The van der Waals surface area contributed by atoms with E-state index in [1.165, 1.54) is 0 Å². The summed E-state index contributed by atoms with van der Waals surface area (Å²) in [5.41, 5.74) is -0.695. The summed E-state index contributed by atoms with van der Waals surface area (Å²) >= 11 is 4.94. The largest absolute Gasteiger partial charge is 0.481 e. The first-order valence-electron chi connectivity index (χ1n) is 6.36. The second-order valence-electron chi connectivity index (χ2n) is 5.17. The number of aliphatic carboxylic acids is 1. The van der Waals surface area contributed by atoms with Crippen LogP contribution in [0.4, 0.5) is 0 Å². The molecule has 0 radical (unpaired) electrons. The summed E-state index contributed by atoms with van der Waals surface area (Å²) in [7, 11) is 0. The van der Waals surface area contributed by atoms with E-state index < -0.39 is 11.4 Å². The molecular weight excluding hydrogens is 342 g/mol. The molecule has 4 nitrogen and oxygen atoms in total. The van der Waals surface area contributed by atoms with Crippen LogP contribution in [0.2, 0.25) is 0 Å². The van der Waals surface area contributed by atoms with Crippen molar-refractivity contribution in [3.63, 3.8) is 0 Å². The zero-order chi connectivity index (χ0) is 14.8. The van der Waals surface area contributed by atoms with Gasteiger partial charge in [-0.25, -0.2) is 0 Å². The Morgan fingerprint density at radius 1 is 1.40 bits per heavy atom. The van der Waals surface area contributed by atoms with Gasteiger partial charge in [0.05, 0.1) is 9.20 Å². The van der Waals surface area contributed by atoms with Gasteiger partial charge in [-0.15, -0.1) is 11.3 Å². The predicted octanol–water partition coefficient (Wildman–Crippen LogP) is 3.24. The third kappa shape index (κ3) is 3.49. The van der Waals surface area contributed by atoms with E-state index >= 15 is 0 Å². The van der Waals surface area contributed by atoms with Gasteiger partial charge in [-0.2, -0.15) is 0 Å². The lowest BCUT2D eigenvalue weighted by atomic mass is 9.80. The van der Waals surface area contributed by atoms with E-state index in [-0.39, 0.29) is 5.91 Å². The van der Waals surface area contributed by atoms with Gasteiger partial charge in [-0.1, -0.05) is 0 Å². The number of carboxylic acid groups (broad SMARTS) is 1. The fourth-order valence-corrected chi connectivity index (χ4v) is 3.44. The number of amides is 1. The minimum Gasteiger partial charge on any atom is -0.481 e. The molecular formula is C14H16BrNO3S. The highest BCUT2D eigenvalue weighted by atomic mass is 79.9. The van der Waals surface area contributed by atoms with E-state index in [4.69, 9.17) is 5.11 Å². The van der Waals surface area contributed by atoms with Crippen LogP contribution in [-0.4, -0.2) is 35.0 Å². The summed E-state index contributed by atoms with van der Waals surface area (Å²) in [5, 5.41) is 9.16. The maximum atomic E-state index is 12.0. The van der Waals surface area contributed by atoms with Crippen molar-refractivity contribution in [3.05, 3.63) is 26.9 Å². The van der Waals surface area contributed by atoms with Crippen molar-refractivity contribution in [3.8, 4) is 0 Å². The molecule has 0 atom stereocenters. The number of carboxylic acids is 1. The zero-order valence-corrected chi connectivity index (χ0v) is 13.5. The lowest BCUT2D eigenvalue weighted by molar-refractivity contribution is -0.152. The van der Waals surface area contributed by atoms with Gasteiger partial charge in [0.1, 0.15) is 0 Å². The zero-order valence-electron chi connectivity index (χ0n) is 11.1. The van der Waals surface area contributed by atoms with Gasteiger partial charge in [0, 0.05) is 24.0 Å². The summed E-state index contributed by atoms with van der Waals surface area (Å²) in [6, 6.07) is 3.88. The molecule has 20 heavy (non-hydrogen) atoms. The number of hydrogen-bond donors (Lipinski definition) is 1. The van der Waals surface area contributed by atoms with Gasteiger partial charge in [-0.05, 0) is 53.9 Å². The topological polar surface area (TPSA) is 57.6 Å². The van der Waals surface area contributed by atoms with E-state index in [1.54, 1.807) is 35.3 Å². The Labute approximate surface area is 130 Å². The molecule has 0 bridgehead atoms. The van der Waals surface area contributed by atoms with Crippen molar-refractivity contribution in [2.45, 2.75) is 19.8 Å². The normalized spacial score (nSPS) is 18.4. The standard InChI is InChI=1S/C14H16BrNO3S/c1-14(13(18)19)6-8-16(9-7-14)12(17)5-3-10-2-4-11(15)20-10/h2-5H,6-9H2,1H3,(H,18,19). The molecule has 0 unspecified atom stereocenters. The highest BCUT2D eigenvalue weighted by molar-refractivity contribution is 9.11. The number of thiophene rings is 1. The Kier molecular flexibility index (Phi) is 4.65. The van der Waals surface area contributed by atoms with Crippen LogP contribution in [0.15, 0.2) is 22.0 Å². The van der Waals surface area contributed by atoms with Crippen molar-refractivity contribution >= 4 is 45.2 Å². The third-order valence-electron chi connectivity index (χ3n) is 3.68. The second-order valence-corrected chi connectivity index (χ2v) is 7.66. The lowest BCUT2D eigenvalue weighted by Crippen LogP contribution is -2.44. The SMILES string of the molecule is CC1(C(=O)O)CCN(C(=O)C=Cc2ccc(Br)s2)CC1. The number of hydrogen-bond acceptors (Lipinski definition) is 3. The van der Waals surface area contributed by atoms with Crippen LogP contribution in [0.1, 0.15) is 24.6 Å². The van der Waals surface area contributed by atoms with Crippen LogP contribution >= 0.6 is 27.3 Å². The fourth-order valence-electron chi connectivity index (χ4n) is 2.11. The summed E-state index contributed by atoms with van der Waals surface area (Å²) < 4.78 is 1.03. The molecule has 0 aromatic carbocycles. The highest BCUT2D eigenvalue weighted by Crippen LogP contribution is 2.31. The van der Waals surface area contributed by atoms with Gasteiger partial charge in [0.25, 0.3) is 0 Å². The quantitative estimate of drug-likeness (QED) is 0.844. The van der Waals surface area contributed by atoms with Crippen LogP contribution in [0.3, 0.4) is 0 Å². The van der Waals surface area contributed by atoms with Gasteiger partial charge in [0.15, 0.2) is 0 Å². The molecule has 0 spiro atoms. The van der Waals surface area contributed by atoms with Crippen LogP contribution < -0.4 is 0 Å². The Bertz CT molecular complexity index is 544. The summed E-state index contributed by atoms with van der Waals surface area (Å²) in [4.78, 5) is 25.9. The van der Waals surface area contributed by atoms with E-state index in [2.05, 4.69) is 15.9 Å². The molecule has 1 amide bonds. The molecule has 1 aliphatic rings. The van der Waals surface area contributed by atoms with Crippen molar-refractivity contribution in [1.29, 1.82) is 0 Å². The van der Waals surface area contributed by atoms with E-state index in [0.717, 1.165) is 8.66 Å². The smallest absolute Gasteiger partial charge is 0.309 e. The molecule has 1 saturated heterocycles. The van der Waals surface area contributed by atoms with Crippen molar-refractivity contribution in [2.75, 3.05) is 13.1 Å². The van der Waals surface area contributed by atoms with Gasteiger partial charge < -0.3 is 10.0 Å². The predicted molar refractivity (Wildman–Crippen MR) is 82.6 cm³/mol. The molecule has 1 N–H and O–H groups in total. The monoisotopic (exact) mass is 357 g/mol. The van der Waals surface area contributed by atoms with Gasteiger partial charge >= 0.3 is 5.97 Å². The van der Waals surface area contributed by atoms with Crippen molar-refractivity contribution < 1.29 is 14.7 Å². The van der Waals surface area contributed by atoms with Gasteiger partial charge in [-0.3, -0.25) is 9.59 Å². The maximum Gasteiger partial charge on any atom is 0.309 e. The number of carbonyl (C=O) groups excluding carboxylic acids is 1. The number of halogens is 1. The number of rotatable bonds is 3. The Balaban J connectivity index is 1.92. The number of likely N-dealkylation sites (tertiary alicyclic amines) is 1. The molecule has 2 rings (SSSR count). The van der Waals surface area contributed by atoms with E-state index in [1.807, 2.05) is 12.1 Å². The molecule has 108 valence electrons. The molecule has 1 aromatic rings. The van der Waals surface area contributed by atoms with Crippen molar-refractivity contribution in [1.82, 2.24) is 4.90 Å². The Morgan fingerprint density at radius 2 is 2.05 bits per heavy atom. The molecule has 6 heteroatoms. The van der Waals surface area contributed by atoms with Crippen LogP contribution in [0.25, 0.3) is 6.08 Å². The number of nitrogens with zero attached hydrogens (tertiary/aromatic N) is 1. The third-order valence-corrected chi connectivity index (χ3v) is 5.27. The fraction of sp³-hybridized carbons (Fsp3) is 0.429. The van der Waals surface area contributed by atoms with E-state index in [0.29, 0.717) is 25.9 Å². The first-order valence-corrected chi connectivity index (χ1v) is 7.97. The minimum atomic E-state index is -0.774. The molecule has 1 aromatic heterocycles. The van der Waals surface area contributed by atoms with Crippen LogP contribution in [0, 0.1) is 5.41 Å². The average Bonchev–Trinajstić information content (AvgIpc) is 2.82. The Hall–Kier alpha value is -1.14. The van der Waals surface area contributed by atoms with Gasteiger partial charge in [0.2, 0.25) is 5.91 Å². The maximum absolute atomic E-state index is 12.0. The van der Waals surface area contributed by atoms with Crippen molar-refractivity contribution in [2.24, 2.45) is 5.41 Å². The summed E-state index contributed by atoms with van der Waals surface area (Å²) in [6.07, 6.45) is 4.36. The minimum absolute atomic E-state index is 0.0537. The molecule has 0 saturated carbocycles. The van der Waals surface area contributed by atoms with E-state index in [9.17, 15) is 9.59 Å². The number of piperidine rings is 1. The molecule has 1 fully saturated rings. The van der Waals surface area contributed by atoms with Crippen LogP contribution in [0.5, 0.6) is 0 Å². The first kappa shape index (κ1) is 15.3. The first-order chi connectivity index (χ1) is 9.40. The summed E-state index contributed by atoms with van der Waals surface area (Å²) in [5.74, 6) is -0.828.